The van der Waals surface area contributed by atoms with Crippen LogP contribution in [0.2, 0.25) is 0 Å². The summed E-state index contributed by atoms with van der Waals surface area (Å²) in [7, 11) is 0. The van der Waals surface area contributed by atoms with Gasteiger partial charge >= 0.3 is 6.03 Å². The van der Waals surface area contributed by atoms with Crippen LogP contribution in [0, 0.1) is 0 Å². The summed E-state index contributed by atoms with van der Waals surface area (Å²) in [4.78, 5) is 24.4. The molecule has 0 fully saturated rings. The van der Waals surface area contributed by atoms with Gasteiger partial charge in [0, 0.05) is 30.7 Å². The predicted molar refractivity (Wildman–Crippen MR) is 108 cm³/mol. The highest BCUT2D eigenvalue weighted by atomic mass is 16.2. The number of carbonyl (C=O) groups is 2. The average Bonchev–Trinajstić information content (AvgIpc) is 3.21. The Labute approximate surface area is 163 Å². The summed E-state index contributed by atoms with van der Waals surface area (Å²) >= 11 is 0. The van der Waals surface area contributed by atoms with E-state index in [1.54, 1.807) is 35.3 Å². The molecule has 1 aromatic heterocycles. The fourth-order valence-corrected chi connectivity index (χ4v) is 2.69. The van der Waals surface area contributed by atoms with E-state index in [2.05, 4.69) is 21.0 Å². The summed E-state index contributed by atoms with van der Waals surface area (Å²) in [6.07, 6.45) is 3.47. The Bertz CT molecular complexity index is 934. The van der Waals surface area contributed by atoms with Crippen LogP contribution < -0.4 is 16.0 Å². The minimum Gasteiger partial charge on any atom is -0.348 e. The van der Waals surface area contributed by atoms with E-state index in [1.165, 1.54) is 0 Å². The lowest BCUT2D eigenvalue weighted by Crippen LogP contribution is -2.34. The Morgan fingerprint density at radius 3 is 2.46 bits per heavy atom. The van der Waals surface area contributed by atoms with Crippen LogP contribution in [-0.4, -0.2) is 27.8 Å². The number of carbonyl (C=O) groups excluding carboxylic acids is 2. The minimum atomic E-state index is -0.244. The van der Waals surface area contributed by atoms with Crippen molar-refractivity contribution in [1.82, 2.24) is 20.4 Å². The number of hydrogen-bond acceptors (Lipinski definition) is 3. The Morgan fingerprint density at radius 2 is 1.79 bits per heavy atom. The molecular weight excluding hydrogens is 354 g/mol. The second-order valence-corrected chi connectivity index (χ2v) is 6.60. The van der Waals surface area contributed by atoms with Crippen LogP contribution in [0.15, 0.2) is 67.0 Å². The van der Waals surface area contributed by atoms with Crippen molar-refractivity contribution in [3.05, 3.63) is 78.1 Å². The number of urea groups is 1. The molecule has 1 heterocycles. The van der Waals surface area contributed by atoms with Gasteiger partial charge in [-0.25, -0.2) is 9.48 Å². The van der Waals surface area contributed by atoms with Gasteiger partial charge in [0.15, 0.2) is 0 Å². The van der Waals surface area contributed by atoms with Crippen molar-refractivity contribution in [2.24, 2.45) is 0 Å². The molecule has 0 aliphatic heterocycles. The van der Waals surface area contributed by atoms with Crippen LogP contribution in [0.4, 0.5) is 10.5 Å². The van der Waals surface area contributed by atoms with Crippen LogP contribution in [-0.2, 0) is 6.54 Å². The molecule has 0 spiro atoms. The van der Waals surface area contributed by atoms with Gasteiger partial charge in [-0.15, -0.1) is 0 Å². The van der Waals surface area contributed by atoms with E-state index in [9.17, 15) is 9.59 Å². The Kier molecular flexibility index (Phi) is 6.06. The fourth-order valence-electron chi connectivity index (χ4n) is 2.69. The molecule has 3 N–H and O–H groups in total. The third kappa shape index (κ3) is 4.97. The van der Waals surface area contributed by atoms with Gasteiger partial charge in [0.05, 0.1) is 11.3 Å². The Morgan fingerprint density at radius 1 is 1.04 bits per heavy atom. The zero-order valence-electron chi connectivity index (χ0n) is 15.8. The smallest absolute Gasteiger partial charge is 0.319 e. The quantitative estimate of drug-likeness (QED) is 0.616. The molecule has 0 bridgehead atoms. The lowest BCUT2D eigenvalue weighted by molar-refractivity contribution is 0.0950. The number of amides is 3. The monoisotopic (exact) mass is 377 g/mol. The summed E-state index contributed by atoms with van der Waals surface area (Å²) in [6.45, 7) is 4.18. The average molecular weight is 377 g/mol. The predicted octanol–water partition coefficient (Wildman–Crippen LogP) is 3.33. The Hall–Kier alpha value is -3.61. The number of hydrogen-bond donors (Lipinski definition) is 3. The van der Waals surface area contributed by atoms with E-state index < -0.39 is 0 Å². The zero-order chi connectivity index (χ0) is 19.9. The normalized spacial score (nSPS) is 10.5. The van der Waals surface area contributed by atoms with Crippen molar-refractivity contribution in [3.63, 3.8) is 0 Å². The lowest BCUT2D eigenvalue weighted by atomic mass is 10.1. The van der Waals surface area contributed by atoms with Crippen LogP contribution in [0.25, 0.3) is 5.69 Å². The number of rotatable bonds is 6. The molecule has 144 valence electrons. The standard InChI is InChI=1S/C21H23N5O2/c1-15(2)24-21(28)25-17-10-8-16(9-11-17)14-22-20(27)18-6-3-4-7-19(18)26-13-5-12-23-26/h3-13,15H,14H2,1-2H3,(H,22,27)(H2,24,25,28). The van der Waals surface area contributed by atoms with Gasteiger partial charge in [-0.05, 0) is 49.7 Å². The largest absolute Gasteiger partial charge is 0.348 e. The van der Waals surface area contributed by atoms with Crippen LogP contribution >= 0.6 is 0 Å². The molecule has 7 nitrogen and oxygen atoms in total. The van der Waals surface area contributed by atoms with Gasteiger partial charge in [0.1, 0.15) is 0 Å². The third-order valence-electron chi connectivity index (χ3n) is 3.98. The van der Waals surface area contributed by atoms with E-state index >= 15 is 0 Å². The van der Waals surface area contributed by atoms with E-state index in [1.807, 2.05) is 50.2 Å². The number of nitrogens with zero attached hydrogens (tertiary/aromatic N) is 2. The molecule has 0 atom stereocenters. The highest BCUT2D eigenvalue weighted by Gasteiger charge is 2.12. The minimum absolute atomic E-state index is 0.0686. The van der Waals surface area contributed by atoms with E-state index in [0.29, 0.717) is 17.8 Å². The van der Waals surface area contributed by atoms with E-state index in [0.717, 1.165) is 11.3 Å². The Balaban J connectivity index is 1.61. The second kappa shape index (κ2) is 8.85. The number of aromatic nitrogens is 2. The maximum Gasteiger partial charge on any atom is 0.319 e. The van der Waals surface area contributed by atoms with Gasteiger partial charge in [0.25, 0.3) is 5.91 Å². The van der Waals surface area contributed by atoms with Crippen LogP contribution in [0.5, 0.6) is 0 Å². The molecule has 0 unspecified atom stereocenters. The summed E-state index contributed by atoms with van der Waals surface area (Å²) in [5.74, 6) is -0.176. The molecule has 3 amide bonds. The number of nitrogens with one attached hydrogen (secondary N) is 3. The molecule has 7 heteroatoms. The van der Waals surface area contributed by atoms with Gasteiger partial charge < -0.3 is 16.0 Å². The number of benzene rings is 2. The molecule has 3 rings (SSSR count). The number of para-hydroxylation sites is 1. The van der Waals surface area contributed by atoms with Crippen LogP contribution in [0.1, 0.15) is 29.8 Å². The highest BCUT2D eigenvalue weighted by Crippen LogP contribution is 2.14. The summed E-state index contributed by atoms with van der Waals surface area (Å²) < 4.78 is 1.66. The topological polar surface area (TPSA) is 88.0 Å². The third-order valence-corrected chi connectivity index (χ3v) is 3.98. The SMILES string of the molecule is CC(C)NC(=O)Nc1ccc(CNC(=O)c2ccccc2-n2cccn2)cc1. The molecule has 2 aromatic carbocycles. The van der Waals surface area contributed by atoms with E-state index in [-0.39, 0.29) is 18.0 Å². The van der Waals surface area contributed by atoms with Crippen molar-refractivity contribution in [2.75, 3.05) is 5.32 Å². The van der Waals surface area contributed by atoms with Crippen molar-refractivity contribution < 1.29 is 9.59 Å². The molecule has 3 aromatic rings. The van der Waals surface area contributed by atoms with Crippen LogP contribution in [0.3, 0.4) is 0 Å². The maximum absolute atomic E-state index is 12.6. The second-order valence-electron chi connectivity index (χ2n) is 6.60. The first-order chi connectivity index (χ1) is 13.5. The van der Waals surface area contributed by atoms with Gasteiger partial charge in [0.2, 0.25) is 0 Å². The van der Waals surface area contributed by atoms with Crippen molar-refractivity contribution in [2.45, 2.75) is 26.4 Å². The highest BCUT2D eigenvalue weighted by molar-refractivity contribution is 5.97. The first-order valence-electron chi connectivity index (χ1n) is 9.06. The molecule has 28 heavy (non-hydrogen) atoms. The number of anilines is 1. The van der Waals surface area contributed by atoms with Crippen molar-refractivity contribution >= 4 is 17.6 Å². The zero-order valence-corrected chi connectivity index (χ0v) is 15.8. The fraction of sp³-hybridized carbons (Fsp3) is 0.190. The van der Waals surface area contributed by atoms with Crippen molar-refractivity contribution in [3.8, 4) is 5.69 Å². The summed E-state index contributed by atoms with van der Waals surface area (Å²) in [6, 6.07) is 16.3. The van der Waals surface area contributed by atoms with Gasteiger partial charge in [-0.2, -0.15) is 5.10 Å². The maximum atomic E-state index is 12.6. The molecular formula is C21H23N5O2. The lowest BCUT2D eigenvalue weighted by Gasteiger charge is -2.12. The molecule has 0 saturated heterocycles. The molecule has 0 radical (unpaired) electrons. The summed E-state index contributed by atoms with van der Waals surface area (Å²) in [5.41, 5.74) is 2.90. The summed E-state index contributed by atoms with van der Waals surface area (Å²) in [5, 5.41) is 12.7. The molecule has 0 aliphatic carbocycles. The first-order valence-corrected chi connectivity index (χ1v) is 9.06. The van der Waals surface area contributed by atoms with Gasteiger partial charge in [-0.3, -0.25) is 4.79 Å². The molecule has 0 aliphatic rings. The van der Waals surface area contributed by atoms with E-state index in [4.69, 9.17) is 0 Å². The van der Waals surface area contributed by atoms with Gasteiger partial charge in [-0.1, -0.05) is 24.3 Å². The first kappa shape index (κ1) is 19.2. The molecule has 0 saturated carbocycles. The van der Waals surface area contributed by atoms with Crippen molar-refractivity contribution in [1.29, 1.82) is 0 Å².